The van der Waals surface area contributed by atoms with Gasteiger partial charge in [0.05, 0.1) is 4.92 Å². The Morgan fingerprint density at radius 1 is 1.38 bits per heavy atom. The molecule has 0 amide bonds. The molecule has 2 rings (SSSR count). The summed E-state index contributed by atoms with van der Waals surface area (Å²) in [6, 6.07) is 3.37. The topological polar surface area (TPSA) is 92.6 Å². The first-order valence-electron chi connectivity index (χ1n) is 7.52. The van der Waals surface area contributed by atoms with E-state index in [1.807, 2.05) is 0 Å². The molecule has 1 aliphatic rings. The van der Waals surface area contributed by atoms with Crippen LogP contribution >= 0.6 is 24.0 Å². The summed E-state index contributed by atoms with van der Waals surface area (Å²) in [4.78, 5) is 12.3. The van der Waals surface area contributed by atoms with E-state index in [-0.39, 0.29) is 28.4 Å². The van der Waals surface area contributed by atoms with Crippen molar-refractivity contribution in [1.82, 2.24) is 9.62 Å². The van der Waals surface area contributed by atoms with Crippen LogP contribution in [-0.2, 0) is 10.0 Å². The highest BCUT2D eigenvalue weighted by atomic mass is 35.5. The smallest absolute Gasteiger partial charge is 0.290 e. The van der Waals surface area contributed by atoms with E-state index in [1.165, 1.54) is 12.1 Å². The number of benzene rings is 1. The number of nitrogens with zero attached hydrogens (tertiary/aromatic N) is 2. The Balaban J connectivity index is 0.00000288. The number of nitrogens with one attached hydrogen (secondary N) is 1. The fourth-order valence-electron chi connectivity index (χ4n) is 2.73. The van der Waals surface area contributed by atoms with Gasteiger partial charge in [0.25, 0.3) is 5.69 Å². The molecule has 24 heavy (non-hydrogen) atoms. The zero-order valence-corrected chi connectivity index (χ0v) is 15.7. The molecule has 0 radical (unpaired) electrons. The van der Waals surface area contributed by atoms with Crippen molar-refractivity contribution in [1.29, 1.82) is 0 Å². The molecule has 7 nitrogen and oxygen atoms in total. The van der Waals surface area contributed by atoms with Crippen molar-refractivity contribution in [3.8, 4) is 0 Å². The van der Waals surface area contributed by atoms with Crippen LogP contribution in [0.1, 0.15) is 26.2 Å². The van der Waals surface area contributed by atoms with Crippen LogP contribution in [-0.4, -0.2) is 43.9 Å². The second-order valence-electron chi connectivity index (χ2n) is 5.61. The minimum Gasteiger partial charge on any atom is -0.303 e. The number of nitro groups is 1. The van der Waals surface area contributed by atoms with Crippen LogP contribution in [0.3, 0.4) is 0 Å². The van der Waals surface area contributed by atoms with Crippen LogP contribution in [0.4, 0.5) is 5.69 Å². The zero-order valence-electron chi connectivity index (χ0n) is 13.3. The molecule has 1 heterocycles. The molecule has 1 aromatic rings. The highest BCUT2D eigenvalue weighted by Gasteiger charge is 2.29. The van der Waals surface area contributed by atoms with Gasteiger partial charge in [-0.2, -0.15) is 0 Å². The predicted octanol–water partition coefficient (Wildman–Crippen LogP) is 2.82. The number of rotatable bonds is 6. The number of hydrogen-bond donors (Lipinski definition) is 1. The third-order valence-corrected chi connectivity index (χ3v) is 5.66. The molecule has 1 fully saturated rings. The molecule has 0 bridgehead atoms. The summed E-state index contributed by atoms with van der Waals surface area (Å²) in [5.74, 6) is 0. The van der Waals surface area contributed by atoms with Crippen molar-refractivity contribution in [2.24, 2.45) is 0 Å². The molecule has 0 aromatic heterocycles. The van der Waals surface area contributed by atoms with Gasteiger partial charge in [-0.15, -0.1) is 12.4 Å². The largest absolute Gasteiger partial charge is 0.303 e. The van der Waals surface area contributed by atoms with Crippen LogP contribution < -0.4 is 4.72 Å². The lowest BCUT2D eigenvalue weighted by molar-refractivity contribution is -0.387. The van der Waals surface area contributed by atoms with E-state index in [4.69, 9.17) is 11.6 Å². The second-order valence-corrected chi connectivity index (χ2v) is 7.73. The first-order chi connectivity index (χ1) is 10.8. The summed E-state index contributed by atoms with van der Waals surface area (Å²) >= 11 is 5.72. The third kappa shape index (κ3) is 5.29. The van der Waals surface area contributed by atoms with Crippen molar-refractivity contribution in [3.63, 3.8) is 0 Å². The number of hydrogen-bond acceptors (Lipinski definition) is 5. The average Bonchev–Trinajstić information content (AvgIpc) is 2.49. The summed E-state index contributed by atoms with van der Waals surface area (Å²) in [6.07, 6.45) is 2.45. The maximum Gasteiger partial charge on any atom is 0.290 e. The Morgan fingerprint density at radius 2 is 2.00 bits per heavy atom. The molecule has 1 aliphatic heterocycles. The Hall–Kier alpha value is -0.930. The van der Waals surface area contributed by atoms with Crippen LogP contribution in [0.25, 0.3) is 0 Å². The van der Waals surface area contributed by atoms with Crippen LogP contribution in [0, 0.1) is 10.1 Å². The summed E-state index contributed by atoms with van der Waals surface area (Å²) < 4.78 is 27.5. The highest BCUT2D eigenvalue weighted by Crippen LogP contribution is 2.27. The van der Waals surface area contributed by atoms with Gasteiger partial charge in [0.15, 0.2) is 4.90 Å². The summed E-state index contributed by atoms with van der Waals surface area (Å²) in [7, 11) is -3.95. The molecule has 1 saturated heterocycles. The maximum atomic E-state index is 12.5. The number of nitro benzene ring substituents is 1. The summed E-state index contributed by atoms with van der Waals surface area (Å²) in [6.45, 7) is 4.75. The Bertz CT molecular complexity index is 677. The first-order valence-corrected chi connectivity index (χ1v) is 9.38. The minimum atomic E-state index is -3.95. The van der Waals surface area contributed by atoms with Crippen molar-refractivity contribution in [3.05, 3.63) is 33.3 Å². The number of sulfonamides is 1. The van der Waals surface area contributed by atoms with Crippen molar-refractivity contribution >= 4 is 39.7 Å². The molecule has 1 aromatic carbocycles. The average molecular weight is 398 g/mol. The molecule has 0 aliphatic carbocycles. The fraction of sp³-hybridized carbons (Fsp3) is 0.571. The van der Waals surface area contributed by atoms with Gasteiger partial charge < -0.3 is 4.90 Å². The molecule has 0 spiro atoms. The van der Waals surface area contributed by atoms with Gasteiger partial charge in [-0.05, 0) is 51.0 Å². The standard InChI is InChI=1S/C14H20ClN3O4S.ClH/c1-2-7-17-8-5-12(6-9-17)16-23(21,22)14-4-3-11(15)10-13(14)18(19)20;/h3-4,10,12,16H,2,5-9H2,1H3;1H. The predicted molar refractivity (Wildman–Crippen MR) is 95.4 cm³/mol. The quantitative estimate of drug-likeness (QED) is 0.588. The Labute approximate surface area is 153 Å². The number of likely N-dealkylation sites (tertiary alicyclic amines) is 1. The molecule has 0 saturated carbocycles. The molecule has 1 N–H and O–H groups in total. The van der Waals surface area contributed by atoms with E-state index in [2.05, 4.69) is 16.5 Å². The molecule has 0 unspecified atom stereocenters. The van der Waals surface area contributed by atoms with Gasteiger partial charge in [0.1, 0.15) is 0 Å². The van der Waals surface area contributed by atoms with E-state index in [0.29, 0.717) is 12.8 Å². The fourth-order valence-corrected chi connectivity index (χ4v) is 4.36. The summed E-state index contributed by atoms with van der Waals surface area (Å²) in [5, 5.41) is 11.2. The molecule has 136 valence electrons. The van der Waals surface area contributed by atoms with Gasteiger partial charge in [0, 0.05) is 17.1 Å². The van der Waals surface area contributed by atoms with Gasteiger partial charge in [-0.25, -0.2) is 13.1 Å². The second kappa shape index (κ2) is 8.96. The first kappa shape index (κ1) is 21.1. The van der Waals surface area contributed by atoms with E-state index in [1.54, 1.807) is 0 Å². The number of halogens is 2. The van der Waals surface area contributed by atoms with E-state index >= 15 is 0 Å². The van der Waals surface area contributed by atoms with Crippen molar-refractivity contribution in [2.45, 2.75) is 37.1 Å². The lowest BCUT2D eigenvalue weighted by atomic mass is 10.1. The molecule has 0 atom stereocenters. The third-order valence-electron chi connectivity index (χ3n) is 3.86. The van der Waals surface area contributed by atoms with E-state index in [9.17, 15) is 18.5 Å². The number of piperidine rings is 1. The minimum absolute atomic E-state index is 0. The van der Waals surface area contributed by atoms with E-state index < -0.39 is 20.6 Å². The lowest BCUT2D eigenvalue weighted by Crippen LogP contribution is -2.44. The maximum absolute atomic E-state index is 12.5. The molecular formula is C14H21Cl2N3O4S. The molecular weight excluding hydrogens is 377 g/mol. The van der Waals surface area contributed by atoms with Gasteiger partial charge in [-0.3, -0.25) is 10.1 Å². The monoisotopic (exact) mass is 397 g/mol. The Kier molecular flexibility index (Phi) is 7.88. The van der Waals surface area contributed by atoms with E-state index in [0.717, 1.165) is 32.1 Å². The summed E-state index contributed by atoms with van der Waals surface area (Å²) in [5.41, 5.74) is -0.506. The zero-order chi connectivity index (χ0) is 17.0. The molecule has 10 heteroatoms. The van der Waals surface area contributed by atoms with Crippen molar-refractivity contribution in [2.75, 3.05) is 19.6 Å². The van der Waals surface area contributed by atoms with Crippen LogP contribution in [0.5, 0.6) is 0 Å². The Morgan fingerprint density at radius 3 is 2.54 bits per heavy atom. The van der Waals surface area contributed by atoms with Gasteiger partial charge in [0.2, 0.25) is 10.0 Å². The highest BCUT2D eigenvalue weighted by molar-refractivity contribution is 7.89. The van der Waals surface area contributed by atoms with Gasteiger partial charge >= 0.3 is 0 Å². The van der Waals surface area contributed by atoms with Crippen molar-refractivity contribution < 1.29 is 13.3 Å². The van der Waals surface area contributed by atoms with Gasteiger partial charge in [-0.1, -0.05) is 18.5 Å². The SMILES string of the molecule is CCCN1CCC(NS(=O)(=O)c2ccc(Cl)cc2[N+](=O)[O-])CC1.Cl. The van der Waals surface area contributed by atoms with Crippen LogP contribution in [0.15, 0.2) is 23.1 Å². The normalized spacial score (nSPS) is 16.6. The van der Waals surface area contributed by atoms with Crippen LogP contribution in [0.2, 0.25) is 5.02 Å². The lowest BCUT2D eigenvalue weighted by Gasteiger charge is -2.31.